The van der Waals surface area contributed by atoms with Crippen LogP contribution in [0.4, 0.5) is 4.39 Å². The lowest BCUT2D eigenvalue weighted by Crippen LogP contribution is -2.38. The summed E-state index contributed by atoms with van der Waals surface area (Å²) in [5.41, 5.74) is 1.72. The topological polar surface area (TPSA) is 39.7 Å². The molecule has 2 N–H and O–H groups in total. The summed E-state index contributed by atoms with van der Waals surface area (Å²) in [6, 6.07) is 5.21. The summed E-state index contributed by atoms with van der Waals surface area (Å²) in [4.78, 5) is 6.51. The molecule has 1 rings (SSSR count). The monoisotopic (exact) mass is 454 g/mol. The molecule has 1 aromatic carbocycles. The van der Waals surface area contributed by atoms with Crippen LogP contribution in [-0.2, 0) is 13.1 Å². The van der Waals surface area contributed by atoms with E-state index in [0.29, 0.717) is 18.7 Å². The fourth-order valence-corrected chi connectivity index (χ4v) is 2.28. The summed E-state index contributed by atoms with van der Waals surface area (Å²) in [6.07, 6.45) is 2.08. The highest BCUT2D eigenvalue weighted by atomic mass is 127. The zero-order valence-corrected chi connectivity index (χ0v) is 17.5. The molecule has 0 spiro atoms. The molecule has 0 radical (unpaired) electrons. The normalized spacial score (nSPS) is 11.3. The molecule has 0 bridgehead atoms. The quantitative estimate of drug-likeness (QED) is 0.274. The molecule has 23 heavy (non-hydrogen) atoms. The minimum atomic E-state index is -0.161. The lowest BCUT2D eigenvalue weighted by atomic mass is 10.1. The Hall–Kier alpha value is -0.540. The zero-order valence-electron chi connectivity index (χ0n) is 14.4. The van der Waals surface area contributed by atoms with E-state index in [-0.39, 0.29) is 29.8 Å². The van der Waals surface area contributed by atoms with Crippen molar-refractivity contribution in [3.63, 3.8) is 0 Å². The summed E-state index contributed by atoms with van der Waals surface area (Å²) in [6.45, 7) is 4.87. The summed E-state index contributed by atoms with van der Waals surface area (Å²) < 4.78 is 13.8. The van der Waals surface area contributed by atoms with Crippen LogP contribution in [0, 0.1) is 5.82 Å². The van der Waals surface area contributed by atoms with E-state index in [9.17, 15) is 4.39 Å². The van der Waals surface area contributed by atoms with Gasteiger partial charge in [0, 0.05) is 31.0 Å². The van der Waals surface area contributed by atoms with Crippen molar-refractivity contribution < 1.29 is 4.39 Å². The largest absolute Gasteiger partial charge is 0.357 e. The molecule has 0 saturated heterocycles. The third-order valence-corrected chi connectivity index (χ3v) is 3.57. The molecule has 0 aliphatic carbocycles. The fraction of sp³-hybridized carbons (Fsp3) is 0.562. The van der Waals surface area contributed by atoms with Crippen molar-refractivity contribution in [2.24, 2.45) is 4.99 Å². The number of thioether (sulfide) groups is 1. The van der Waals surface area contributed by atoms with Crippen molar-refractivity contribution in [3.8, 4) is 0 Å². The number of aliphatic imine (C=N–C) groups is 1. The van der Waals surface area contributed by atoms with Crippen molar-refractivity contribution in [3.05, 3.63) is 35.1 Å². The third kappa shape index (κ3) is 9.36. The number of halogens is 2. The van der Waals surface area contributed by atoms with Crippen molar-refractivity contribution in [1.29, 1.82) is 0 Å². The summed E-state index contributed by atoms with van der Waals surface area (Å²) >= 11 is 1.79. The summed E-state index contributed by atoms with van der Waals surface area (Å²) in [7, 11) is 3.87. The van der Waals surface area contributed by atoms with Gasteiger partial charge in [-0.3, -0.25) is 0 Å². The molecule has 1 aromatic rings. The Morgan fingerprint density at radius 2 is 2.04 bits per heavy atom. The van der Waals surface area contributed by atoms with Crippen LogP contribution in [0.3, 0.4) is 0 Å². The van der Waals surface area contributed by atoms with Gasteiger partial charge >= 0.3 is 0 Å². The zero-order chi connectivity index (χ0) is 16.4. The van der Waals surface area contributed by atoms with Gasteiger partial charge in [-0.15, -0.1) is 24.0 Å². The van der Waals surface area contributed by atoms with E-state index >= 15 is 0 Å². The molecule has 7 heteroatoms. The molecule has 0 aromatic heterocycles. The van der Waals surface area contributed by atoms with Gasteiger partial charge in [0.15, 0.2) is 5.96 Å². The first-order valence-corrected chi connectivity index (χ1v) is 8.89. The van der Waals surface area contributed by atoms with Crippen LogP contribution in [0.2, 0.25) is 0 Å². The van der Waals surface area contributed by atoms with E-state index in [4.69, 9.17) is 0 Å². The Labute approximate surface area is 160 Å². The van der Waals surface area contributed by atoms with Gasteiger partial charge < -0.3 is 15.5 Å². The average molecular weight is 454 g/mol. The number of nitrogens with one attached hydrogen (secondary N) is 2. The Kier molecular flexibility index (Phi) is 12.5. The van der Waals surface area contributed by atoms with Gasteiger partial charge in [0.25, 0.3) is 0 Å². The van der Waals surface area contributed by atoms with E-state index in [1.807, 2.05) is 32.0 Å². The molecule has 0 aliphatic rings. The van der Waals surface area contributed by atoms with Crippen molar-refractivity contribution >= 4 is 41.7 Å². The molecule has 0 saturated carbocycles. The highest BCUT2D eigenvalue weighted by molar-refractivity contribution is 14.0. The highest BCUT2D eigenvalue weighted by Gasteiger charge is 2.05. The van der Waals surface area contributed by atoms with Crippen LogP contribution in [0.15, 0.2) is 23.2 Å². The number of guanidine groups is 1. The van der Waals surface area contributed by atoms with Gasteiger partial charge in [-0.05, 0) is 45.0 Å². The maximum Gasteiger partial charge on any atom is 0.191 e. The standard InChI is InChI=1S/C16H27FN4S.HI/c1-5-18-16(19-8-9-22-4)20-11-13-6-7-15(17)14(10-13)12-21(2)3;/h6-7,10H,5,8-9,11-12H2,1-4H3,(H2,18,19,20);1H. The number of hydrogen-bond acceptors (Lipinski definition) is 3. The summed E-state index contributed by atoms with van der Waals surface area (Å²) in [5, 5.41) is 6.50. The molecule has 0 unspecified atom stereocenters. The van der Waals surface area contributed by atoms with Gasteiger partial charge in [-0.1, -0.05) is 6.07 Å². The number of rotatable bonds is 8. The van der Waals surface area contributed by atoms with Crippen LogP contribution < -0.4 is 10.6 Å². The molecular formula is C16H28FIN4S. The predicted octanol–water partition coefficient (Wildman–Crippen LogP) is 2.92. The number of benzene rings is 1. The first-order valence-electron chi connectivity index (χ1n) is 7.50. The highest BCUT2D eigenvalue weighted by Crippen LogP contribution is 2.13. The first kappa shape index (κ1) is 22.5. The van der Waals surface area contributed by atoms with Gasteiger partial charge in [-0.25, -0.2) is 9.38 Å². The second kappa shape index (κ2) is 12.8. The maximum atomic E-state index is 13.8. The van der Waals surface area contributed by atoms with E-state index in [1.54, 1.807) is 17.8 Å². The van der Waals surface area contributed by atoms with Crippen molar-refractivity contribution in [1.82, 2.24) is 15.5 Å². The Bertz CT molecular complexity index is 483. The van der Waals surface area contributed by atoms with Gasteiger partial charge in [0.05, 0.1) is 6.54 Å². The van der Waals surface area contributed by atoms with Crippen molar-refractivity contribution in [2.75, 3.05) is 39.2 Å². The Morgan fingerprint density at radius 3 is 2.65 bits per heavy atom. The van der Waals surface area contributed by atoms with Crippen LogP contribution in [0.1, 0.15) is 18.1 Å². The minimum Gasteiger partial charge on any atom is -0.357 e. The van der Waals surface area contributed by atoms with Gasteiger partial charge in [-0.2, -0.15) is 11.8 Å². The van der Waals surface area contributed by atoms with Gasteiger partial charge in [0.2, 0.25) is 0 Å². The van der Waals surface area contributed by atoms with Crippen LogP contribution in [0.5, 0.6) is 0 Å². The molecule has 0 heterocycles. The fourth-order valence-electron chi connectivity index (χ4n) is 1.97. The van der Waals surface area contributed by atoms with E-state index < -0.39 is 0 Å². The number of hydrogen-bond donors (Lipinski definition) is 2. The van der Waals surface area contributed by atoms with Crippen LogP contribution >= 0.6 is 35.7 Å². The van der Waals surface area contributed by atoms with E-state index in [0.717, 1.165) is 30.4 Å². The van der Waals surface area contributed by atoms with Crippen LogP contribution in [-0.4, -0.2) is 50.1 Å². The average Bonchev–Trinajstić information content (AvgIpc) is 2.47. The van der Waals surface area contributed by atoms with E-state index in [1.165, 1.54) is 6.07 Å². The molecule has 132 valence electrons. The lowest BCUT2D eigenvalue weighted by molar-refractivity contribution is 0.392. The molecule has 0 atom stereocenters. The second-order valence-electron chi connectivity index (χ2n) is 5.28. The molecule has 0 amide bonds. The first-order chi connectivity index (χ1) is 10.6. The summed E-state index contributed by atoms with van der Waals surface area (Å²) in [5.74, 6) is 1.68. The van der Waals surface area contributed by atoms with Crippen LogP contribution in [0.25, 0.3) is 0 Å². The Morgan fingerprint density at radius 1 is 1.30 bits per heavy atom. The number of nitrogens with zero attached hydrogens (tertiary/aromatic N) is 2. The van der Waals surface area contributed by atoms with Crippen molar-refractivity contribution in [2.45, 2.75) is 20.0 Å². The SMILES string of the molecule is CCNC(=NCc1ccc(F)c(CN(C)C)c1)NCCSC.I. The minimum absolute atomic E-state index is 0. The Balaban J connectivity index is 0.00000484. The molecular weight excluding hydrogens is 426 g/mol. The van der Waals surface area contributed by atoms with Gasteiger partial charge in [0.1, 0.15) is 5.82 Å². The lowest BCUT2D eigenvalue weighted by Gasteiger charge is -2.13. The second-order valence-corrected chi connectivity index (χ2v) is 6.26. The molecule has 0 aliphatic heterocycles. The maximum absolute atomic E-state index is 13.8. The molecule has 4 nitrogen and oxygen atoms in total. The van der Waals surface area contributed by atoms with E-state index in [2.05, 4.69) is 21.9 Å². The molecule has 0 fully saturated rings. The smallest absolute Gasteiger partial charge is 0.191 e. The third-order valence-electron chi connectivity index (χ3n) is 2.96. The predicted molar refractivity (Wildman–Crippen MR) is 110 cm³/mol.